The lowest BCUT2D eigenvalue weighted by molar-refractivity contribution is 0.0734. The summed E-state index contributed by atoms with van der Waals surface area (Å²) in [7, 11) is 0. The van der Waals surface area contributed by atoms with Crippen molar-refractivity contribution in [2.75, 3.05) is 6.54 Å². The second-order valence-electron chi connectivity index (χ2n) is 8.43. The number of hydrogen-bond donors (Lipinski definition) is 1. The van der Waals surface area contributed by atoms with Crippen LogP contribution in [0.5, 0.6) is 0 Å². The number of aromatic nitrogens is 5. The lowest BCUT2D eigenvalue weighted by Gasteiger charge is -2.27. The predicted molar refractivity (Wildman–Crippen MR) is 131 cm³/mol. The molecule has 0 fully saturated rings. The quantitative estimate of drug-likeness (QED) is 0.405. The van der Waals surface area contributed by atoms with Gasteiger partial charge in [0.1, 0.15) is 0 Å². The molecule has 0 aliphatic carbocycles. The average molecular weight is 469 g/mol. The van der Waals surface area contributed by atoms with Crippen LogP contribution in [0.15, 0.2) is 66.9 Å². The summed E-state index contributed by atoms with van der Waals surface area (Å²) in [6, 6.07) is 19.5. The number of carbonyl (C=O) groups excluding carboxylic acids is 1. The van der Waals surface area contributed by atoms with Crippen molar-refractivity contribution in [1.82, 2.24) is 29.9 Å². The molecule has 0 atom stereocenters. The molecular weight excluding hydrogens is 448 g/mol. The first-order valence-corrected chi connectivity index (χ1v) is 11.5. The lowest BCUT2D eigenvalue weighted by atomic mass is 10.0. The Hall–Kier alpha value is -3.97. The molecule has 8 heteroatoms. The largest absolute Gasteiger partial charge is 0.334 e. The molecular formula is C26H21ClN6O. The van der Waals surface area contributed by atoms with E-state index in [0.29, 0.717) is 29.5 Å². The Balaban J connectivity index is 1.29. The highest BCUT2D eigenvalue weighted by Gasteiger charge is 2.28. The molecule has 3 aromatic heterocycles. The number of rotatable bonds is 3. The number of aromatic amines is 1. The molecule has 6 rings (SSSR count). The minimum absolute atomic E-state index is 0.0431. The zero-order valence-corrected chi connectivity index (χ0v) is 19.3. The molecule has 34 heavy (non-hydrogen) atoms. The van der Waals surface area contributed by atoms with Crippen LogP contribution < -0.4 is 0 Å². The van der Waals surface area contributed by atoms with Gasteiger partial charge in [0.15, 0.2) is 5.82 Å². The van der Waals surface area contributed by atoms with E-state index >= 15 is 0 Å². The summed E-state index contributed by atoms with van der Waals surface area (Å²) >= 11 is 6.05. The van der Waals surface area contributed by atoms with Crippen molar-refractivity contribution in [2.24, 2.45) is 0 Å². The number of fused-ring (bicyclic) bond motifs is 2. The van der Waals surface area contributed by atoms with Crippen molar-refractivity contribution in [3.63, 3.8) is 0 Å². The second kappa shape index (κ2) is 8.11. The zero-order valence-electron chi connectivity index (χ0n) is 18.5. The van der Waals surface area contributed by atoms with Gasteiger partial charge in [-0.15, -0.1) is 0 Å². The maximum Gasteiger partial charge on any atom is 0.257 e. The first-order chi connectivity index (χ1) is 16.6. The van der Waals surface area contributed by atoms with E-state index in [2.05, 4.69) is 15.3 Å². The van der Waals surface area contributed by atoms with E-state index in [1.165, 1.54) is 0 Å². The topological polar surface area (TPSA) is 79.7 Å². The Bertz CT molecular complexity index is 1530. The third-order valence-electron chi connectivity index (χ3n) is 6.38. The summed E-state index contributed by atoms with van der Waals surface area (Å²) in [4.78, 5) is 20.1. The van der Waals surface area contributed by atoms with Crippen molar-refractivity contribution in [2.45, 2.75) is 19.9 Å². The lowest BCUT2D eigenvalue weighted by Crippen LogP contribution is -2.36. The first kappa shape index (κ1) is 20.6. The van der Waals surface area contributed by atoms with Crippen molar-refractivity contribution in [3.05, 3.63) is 94.4 Å². The maximum atomic E-state index is 13.5. The number of pyridine rings is 1. The van der Waals surface area contributed by atoms with Gasteiger partial charge in [0.25, 0.3) is 5.91 Å². The minimum Gasteiger partial charge on any atom is -0.334 e. The molecule has 2 aromatic carbocycles. The monoisotopic (exact) mass is 468 g/mol. The summed E-state index contributed by atoms with van der Waals surface area (Å²) < 4.78 is 1.73. The molecule has 0 bridgehead atoms. The van der Waals surface area contributed by atoms with Crippen LogP contribution in [0.4, 0.5) is 0 Å². The van der Waals surface area contributed by atoms with E-state index in [1.54, 1.807) is 10.9 Å². The highest BCUT2D eigenvalue weighted by atomic mass is 35.5. The second-order valence-corrected chi connectivity index (χ2v) is 8.87. The van der Waals surface area contributed by atoms with Crippen LogP contribution >= 0.6 is 11.6 Å². The normalized spacial score (nSPS) is 13.3. The summed E-state index contributed by atoms with van der Waals surface area (Å²) in [5.74, 6) is 0.648. The van der Waals surface area contributed by atoms with Gasteiger partial charge < -0.3 is 4.90 Å². The molecule has 0 spiro atoms. The number of nitrogens with one attached hydrogen (secondary N) is 1. The highest BCUT2D eigenvalue weighted by Crippen LogP contribution is 2.30. The molecule has 0 radical (unpaired) electrons. The fourth-order valence-corrected chi connectivity index (χ4v) is 4.64. The van der Waals surface area contributed by atoms with Gasteiger partial charge in [-0.3, -0.25) is 9.89 Å². The standard InChI is InChI=1S/C26H21ClN6O/c1-16-20(14-28-33(16)24-11-8-17-4-2-3-5-22(17)29-24)26(34)32-13-12-23-21(15-32)25(31-30-23)18-6-9-19(27)10-7-18/h2-11,14H,12-13,15H2,1H3,(H,30,31). The van der Waals surface area contributed by atoms with Crippen LogP contribution in [0.3, 0.4) is 0 Å². The number of H-pyrrole nitrogens is 1. The van der Waals surface area contributed by atoms with Gasteiger partial charge in [0.2, 0.25) is 0 Å². The van der Waals surface area contributed by atoms with E-state index < -0.39 is 0 Å². The van der Waals surface area contributed by atoms with Gasteiger partial charge in [0.05, 0.1) is 28.7 Å². The molecule has 0 saturated carbocycles. The van der Waals surface area contributed by atoms with Crippen molar-refractivity contribution < 1.29 is 4.79 Å². The van der Waals surface area contributed by atoms with Gasteiger partial charge in [-0.2, -0.15) is 10.2 Å². The molecule has 1 N–H and O–H groups in total. The third kappa shape index (κ3) is 3.45. The zero-order chi connectivity index (χ0) is 23.2. The fraction of sp³-hybridized carbons (Fsp3) is 0.154. The van der Waals surface area contributed by atoms with Gasteiger partial charge >= 0.3 is 0 Å². The number of hydrogen-bond acceptors (Lipinski definition) is 4. The molecule has 7 nitrogen and oxygen atoms in total. The van der Waals surface area contributed by atoms with E-state index in [9.17, 15) is 4.79 Å². The van der Waals surface area contributed by atoms with Crippen molar-refractivity contribution >= 4 is 28.4 Å². The number of para-hydroxylation sites is 1. The van der Waals surface area contributed by atoms with E-state index in [-0.39, 0.29) is 5.91 Å². The SMILES string of the molecule is Cc1c(C(=O)N2CCc3[nH]nc(-c4ccc(Cl)cc4)c3C2)cnn1-c1ccc2ccccc2n1. The molecule has 1 amide bonds. The Labute approximate surface area is 201 Å². The van der Waals surface area contributed by atoms with Crippen LogP contribution in [0.2, 0.25) is 5.02 Å². The van der Waals surface area contributed by atoms with Crippen LogP contribution in [-0.4, -0.2) is 42.3 Å². The number of benzene rings is 2. The van der Waals surface area contributed by atoms with Gasteiger partial charge in [0, 0.05) is 46.7 Å². The van der Waals surface area contributed by atoms with Crippen molar-refractivity contribution in [1.29, 1.82) is 0 Å². The number of nitrogens with zero attached hydrogens (tertiary/aromatic N) is 5. The summed E-state index contributed by atoms with van der Waals surface area (Å²) in [5.41, 5.74) is 6.18. The van der Waals surface area contributed by atoms with Crippen LogP contribution in [0, 0.1) is 6.92 Å². The predicted octanol–water partition coefficient (Wildman–Crippen LogP) is 4.97. The minimum atomic E-state index is -0.0431. The van der Waals surface area contributed by atoms with Crippen LogP contribution in [0.1, 0.15) is 27.3 Å². The van der Waals surface area contributed by atoms with Crippen LogP contribution in [-0.2, 0) is 13.0 Å². The molecule has 1 aliphatic heterocycles. The van der Waals surface area contributed by atoms with Gasteiger partial charge in [-0.25, -0.2) is 9.67 Å². The Morgan fingerprint density at radius 1 is 1.06 bits per heavy atom. The summed E-state index contributed by atoms with van der Waals surface area (Å²) in [5, 5.41) is 13.9. The fourth-order valence-electron chi connectivity index (χ4n) is 4.51. The van der Waals surface area contributed by atoms with Gasteiger partial charge in [-0.1, -0.05) is 41.9 Å². The maximum absolute atomic E-state index is 13.5. The molecule has 4 heterocycles. The first-order valence-electron chi connectivity index (χ1n) is 11.1. The molecule has 5 aromatic rings. The Kier molecular flexibility index (Phi) is 4.92. The van der Waals surface area contributed by atoms with E-state index in [1.807, 2.05) is 72.5 Å². The van der Waals surface area contributed by atoms with E-state index in [0.717, 1.165) is 45.5 Å². The average Bonchev–Trinajstić information content (AvgIpc) is 3.47. The van der Waals surface area contributed by atoms with Crippen molar-refractivity contribution in [3.8, 4) is 17.1 Å². The highest BCUT2D eigenvalue weighted by molar-refractivity contribution is 6.30. The smallest absolute Gasteiger partial charge is 0.257 e. The summed E-state index contributed by atoms with van der Waals surface area (Å²) in [6.07, 6.45) is 2.36. The number of halogens is 1. The third-order valence-corrected chi connectivity index (χ3v) is 6.63. The molecule has 0 unspecified atom stereocenters. The van der Waals surface area contributed by atoms with Crippen LogP contribution in [0.25, 0.3) is 28.0 Å². The Morgan fingerprint density at radius 3 is 2.74 bits per heavy atom. The number of carbonyl (C=O) groups is 1. The van der Waals surface area contributed by atoms with E-state index in [4.69, 9.17) is 16.6 Å². The number of amides is 1. The molecule has 168 valence electrons. The molecule has 0 saturated heterocycles. The Morgan fingerprint density at radius 2 is 1.88 bits per heavy atom. The summed E-state index contributed by atoms with van der Waals surface area (Å²) in [6.45, 7) is 3.01. The molecule has 1 aliphatic rings. The van der Waals surface area contributed by atoms with Gasteiger partial charge in [-0.05, 0) is 37.3 Å².